The number of hydrogen-bond acceptors (Lipinski definition) is 5. The molecule has 2 saturated heterocycles. The molecule has 10 nitrogen and oxygen atoms in total. The summed E-state index contributed by atoms with van der Waals surface area (Å²) in [6.07, 6.45) is 5.72. The maximum atomic E-state index is 13.3. The third kappa shape index (κ3) is 6.88. The first-order valence-corrected chi connectivity index (χ1v) is 16.6. The van der Waals surface area contributed by atoms with Gasteiger partial charge in [0.25, 0.3) is 0 Å². The summed E-state index contributed by atoms with van der Waals surface area (Å²) in [4.78, 5) is 24.4. The number of pyridine rings is 1. The first kappa shape index (κ1) is 30.2. The molecule has 0 saturated carbocycles. The Kier molecular flexibility index (Phi) is 9.25. The van der Waals surface area contributed by atoms with Crippen molar-refractivity contribution in [3.63, 3.8) is 0 Å². The Morgan fingerprint density at radius 2 is 1.76 bits per heavy atom. The largest absolute Gasteiger partial charge is 0.369 e. The van der Waals surface area contributed by atoms with Crippen LogP contribution in [0.25, 0.3) is 0 Å². The lowest BCUT2D eigenvalue weighted by molar-refractivity contribution is -0.134. The third-order valence-corrected chi connectivity index (χ3v) is 10.4. The summed E-state index contributed by atoms with van der Waals surface area (Å²) in [5.74, 6) is 0.420. The molecule has 0 spiro atoms. The molecule has 13 heteroatoms. The Morgan fingerprint density at radius 1 is 1.07 bits per heavy atom. The highest BCUT2D eigenvalue weighted by atomic mass is 79.9. The Labute approximate surface area is 255 Å². The second-order valence-electron chi connectivity index (χ2n) is 11.2. The first-order chi connectivity index (χ1) is 19.5. The quantitative estimate of drug-likeness (QED) is 0.386. The zero-order valence-corrected chi connectivity index (χ0v) is 26.6. The highest BCUT2D eigenvalue weighted by molar-refractivity contribution is 9.10. The molecule has 1 atom stereocenters. The van der Waals surface area contributed by atoms with E-state index in [1.807, 2.05) is 17.2 Å². The minimum absolute atomic E-state index is 0.00498. The Bertz CT molecular complexity index is 1370. The Balaban J connectivity index is 1.20. The molecule has 1 amide bonds. The van der Waals surface area contributed by atoms with Crippen LogP contribution < -0.4 is 5.73 Å². The molecule has 0 bridgehead atoms. The van der Waals surface area contributed by atoms with Gasteiger partial charge < -0.3 is 15.5 Å². The van der Waals surface area contributed by atoms with Crippen molar-refractivity contribution in [1.82, 2.24) is 24.0 Å². The van der Waals surface area contributed by atoms with E-state index in [0.717, 1.165) is 58.3 Å². The fourth-order valence-electron chi connectivity index (χ4n) is 6.01. The normalized spacial score (nSPS) is 21.0. The van der Waals surface area contributed by atoms with E-state index in [0.29, 0.717) is 32.6 Å². The summed E-state index contributed by atoms with van der Waals surface area (Å²) < 4.78 is 29.8. The molecule has 41 heavy (non-hydrogen) atoms. The van der Waals surface area contributed by atoms with Crippen LogP contribution in [0.5, 0.6) is 0 Å². The number of piperidine rings is 1. The number of rotatable bonds is 5. The summed E-state index contributed by atoms with van der Waals surface area (Å²) >= 11 is 9.96. The highest BCUT2D eigenvalue weighted by Gasteiger charge is 2.34. The molecular formula is C28H37BrClN7O3S. The van der Waals surface area contributed by atoms with Crippen molar-refractivity contribution in [1.29, 1.82) is 0 Å². The summed E-state index contributed by atoms with van der Waals surface area (Å²) in [7, 11) is -0.926. The van der Waals surface area contributed by atoms with Gasteiger partial charge in [-0.25, -0.2) is 0 Å². The summed E-state index contributed by atoms with van der Waals surface area (Å²) in [5, 5.41) is 0.748. The van der Waals surface area contributed by atoms with Crippen molar-refractivity contribution in [3.05, 3.63) is 62.3 Å². The number of aromatic nitrogens is 1. The van der Waals surface area contributed by atoms with Crippen LogP contribution in [0.1, 0.15) is 47.7 Å². The lowest BCUT2D eigenvalue weighted by Gasteiger charge is -2.40. The van der Waals surface area contributed by atoms with Gasteiger partial charge in [-0.1, -0.05) is 17.7 Å². The van der Waals surface area contributed by atoms with Gasteiger partial charge in [0.2, 0.25) is 11.9 Å². The number of nitrogens with two attached hydrogens (primary N) is 1. The third-order valence-electron chi connectivity index (χ3n) is 8.39. The zero-order valence-electron chi connectivity index (χ0n) is 23.5. The molecule has 0 radical (unpaired) electrons. The van der Waals surface area contributed by atoms with Crippen LogP contribution in [0.4, 0.5) is 0 Å². The average Bonchev–Trinajstić information content (AvgIpc) is 3.09. The van der Waals surface area contributed by atoms with Gasteiger partial charge in [0, 0.05) is 75.5 Å². The monoisotopic (exact) mass is 665 g/mol. The number of aryl methyl sites for hydroxylation is 2. The summed E-state index contributed by atoms with van der Waals surface area (Å²) in [6.45, 7) is 4.04. The number of amides is 1. The van der Waals surface area contributed by atoms with Gasteiger partial charge in [0.05, 0.1) is 11.7 Å². The average molecular weight is 667 g/mol. The fourth-order valence-corrected chi connectivity index (χ4v) is 7.10. The standard InChI is InChI=1S/C28H37BrClN7O3S/c1-34(2)41(39,40)33-28(31)37-9-7-19(8-10-37)15-25(38)35-11-13-36(14-12-35)27-24-6-5-23(30)17-20(24)3-4-21-16-22(29)18-32-26(21)27/h5-6,16-19,27H,3-4,7-15H2,1-2H3,(H2,31,33). The number of benzene rings is 1. The van der Waals surface area contributed by atoms with Gasteiger partial charge in [0.15, 0.2) is 0 Å². The van der Waals surface area contributed by atoms with Gasteiger partial charge in [-0.05, 0) is 82.4 Å². The maximum absolute atomic E-state index is 13.3. The van der Waals surface area contributed by atoms with E-state index >= 15 is 0 Å². The smallest absolute Gasteiger partial charge is 0.325 e. The highest BCUT2D eigenvalue weighted by Crippen LogP contribution is 2.38. The topological polar surface area (TPSA) is 115 Å². The molecule has 2 aliphatic heterocycles. The van der Waals surface area contributed by atoms with Crippen molar-refractivity contribution in [2.24, 2.45) is 16.0 Å². The lowest BCUT2D eigenvalue weighted by atomic mass is 9.93. The predicted molar refractivity (Wildman–Crippen MR) is 164 cm³/mol. The summed E-state index contributed by atoms with van der Waals surface area (Å²) in [5.41, 5.74) is 10.8. The predicted octanol–water partition coefficient (Wildman–Crippen LogP) is 3.05. The van der Waals surface area contributed by atoms with Crippen molar-refractivity contribution in [2.45, 2.75) is 38.1 Å². The number of likely N-dealkylation sites (tertiary alicyclic amines) is 1. The number of carbonyl (C=O) groups is 1. The number of fused-ring (bicyclic) bond motifs is 2. The molecule has 1 aromatic carbocycles. The Hall–Kier alpha value is -2.25. The molecule has 3 aliphatic rings. The summed E-state index contributed by atoms with van der Waals surface area (Å²) in [6, 6.07) is 8.38. The lowest BCUT2D eigenvalue weighted by Crippen LogP contribution is -2.50. The molecule has 2 N–H and O–H groups in total. The zero-order chi connectivity index (χ0) is 29.3. The van der Waals surface area contributed by atoms with Gasteiger partial charge in [-0.2, -0.15) is 12.7 Å². The molecule has 2 fully saturated rings. The van der Waals surface area contributed by atoms with E-state index < -0.39 is 10.2 Å². The number of piperazine rings is 1. The van der Waals surface area contributed by atoms with Crippen molar-refractivity contribution >= 4 is 49.6 Å². The number of halogens is 2. The van der Waals surface area contributed by atoms with E-state index in [2.05, 4.69) is 43.4 Å². The SMILES string of the molecule is CN(C)S(=O)(=O)N=C(N)N1CCC(CC(=O)N2CCN(C3c4ccc(Cl)cc4CCc4cc(Br)cnc43)CC2)CC1. The van der Waals surface area contributed by atoms with E-state index in [9.17, 15) is 13.2 Å². The van der Waals surface area contributed by atoms with Gasteiger partial charge in [-0.15, -0.1) is 4.40 Å². The van der Waals surface area contributed by atoms with E-state index in [-0.39, 0.29) is 23.8 Å². The molecule has 1 aromatic heterocycles. The van der Waals surface area contributed by atoms with Crippen LogP contribution in [0.3, 0.4) is 0 Å². The second-order valence-corrected chi connectivity index (χ2v) is 14.4. The minimum atomic E-state index is -3.77. The van der Waals surface area contributed by atoms with Crippen LogP contribution in [0, 0.1) is 5.92 Å². The van der Waals surface area contributed by atoms with E-state index in [4.69, 9.17) is 22.3 Å². The molecular weight excluding hydrogens is 630 g/mol. The van der Waals surface area contributed by atoms with Crippen LogP contribution >= 0.6 is 27.5 Å². The molecule has 222 valence electrons. The van der Waals surface area contributed by atoms with Gasteiger partial charge in [-0.3, -0.25) is 14.7 Å². The van der Waals surface area contributed by atoms with Crippen molar-refractivity contribution in [2.75, 3.05) is 53.4 Å². The number of hydrogen-bond donors (Lipinski definition) is 1. The molecule has 1 unspecified atom stereocenters. The Morgan fingerprint density at radius 3 is 2.44 bits per heavy atom. The first-order valence-electron chi connectivity index (χ1n) is 14.0. The van der Waals surface area contributed by atoms with Crippen molar-refractivity contribution < 1.29 is 13.2 Å². The molecule has 5 rings (SSSR count). The van der Waals surface area contributed by atoms with Crippen molar-refractivity contribution in [3.8, 4) is 0 Å². The second kappa shape index (κ2) is 12.5. The number of guanidine groups is 1. The number of carbonyl (C=O) groups excluding carboxylic acids is 1. The fraction of sp³-hybridized carbons (Fsp3) is 0.536. The minimum Gasteiger partial charge on any atom is -0.369 e. The van der Waals surface area contributed by atoms with Gasteiger partial charge >= 0.3 is 10.2 Å². The molecule has 1 aliphatic carbocycles. The van der Waals surface area contributed by atoms with Crippen LogP contribution in [-0.2, 0) is 27.8 Å². The molecule has 2 aromatic rings. The van der Waals surface area contributed by atoms with E-state index in [1.165, 1.54) is 30.8 Å². The maximum Gasteiger partial charge on any atom is 0.325 e. The van der Waals surface area contributed by atoms with Gasteiger partial charge in [0.1, 0.15) is 0 Å². The van der Waals surface area contributed by atoms with Crippen LogP contribution in [0.15, 0.2) is 39.3 Å². The van der Waals surface area contributed by atoms with E-state index in [1.54, 1.807) is 4.90 Å². The van der Waals surface area contributed by atoms with Crippen LogP contribution in [-0.4, -0.2) is 97.6 Å². The molecule has 3 heterocycles. The number of nitrogens with zero attached hydrogens (tertiary/aromatic N) is 6. The van der Waals surface area contributed by atoms with Crippen LogP contribution in [0.2, 0.25) is 5.02 Å².